The average Bonchev–Trinajstić information content (AvgIpc) is 3.00. The predicted molar refractivity (Wildman–Crippen MR) is 83.4 cm³/mol. The van der Waals surface area contributed by atoms with Crippen LogP contribution in [-0.2, 0) is 0 Å². The lowest BCUT2D eigenvalue weighted by Crippen LogP contribution is -2.28. The average molecular weight is 275 g/mol. The Labute approximate surface area is 121 Å². The molecule has 4 unspecified atom stereocenters. The van der Waals surface area contributed by atoms with Gasteiger partial charge >= 0.3 is 0 Å². The minimum atomic E-state index is 0.371. The lowest BCUT2D eigenvalue weighted by atomic mass is 9.85. The van der Waals surface area contributed by atoms with Gasteiger partial charge in [0.1, 0.15) is 0 Å². The molecule has 2 N–H and O–H groups in total. The molecule has 104 valence electrons. The molecule has 1 nitrogen and oxygen atoms in total. The van der Waals surface area contributed by atoms with Gasteiger partial charge in [0, 0.05) is 16.7 Å². The Bertz CT molecular complexity index is 414. The minimum Gasteiger partial charge on any atom is -0.327 e. The number of hydrogen-bond donors (Lipinski definition) is 1. The monoisotopic (exact) mass is 275 g/mol. The van der Waals surface area contributed by atoms with E-state index in [1.54, 1.807) is 0 Å². The first kappa shape index (κ1) is 13.5. The fourth-order valence-corrected chi connectivity index (χ4v) is 4.83. The second-order valence-corrected chi connectivity index (χ2v) is 7.65. The Balaban J connectivity index is 1.44. The van der Waals surface area contributed by atoms with Crippen molar-refractivity contribution in [1.82, 2.24) is 0 Å². The Kier molecular flexibility index (Phi) is 4.18. The van der Waals surface area contributed by atoms with E-state index in [0.717, 1.165) is 23.5 Å². The summed E-state index contributed by atoms with van der Waals surface area (Å²) >= 11 is 1.92. The van der Waals surface area contributed by atoms with Crippen LogP contribution in [0.1, 0.15) is 37.7 Å². The molecule has 2 aliphatic carbocycles. The lowest BCUT2D eigenvalue weighted by Gasteiger charge is -2.24. The maximum Gasteiger partial charge on any atom is 0.0136 e. The molecule has 1 aromatic rings. The normalized spacial score (nSPS) is 30.7. The van der Waals surface area contributed by atoms with E-state index < -0.39 is 0 Å². The summed E-state index contributed by atoms with van der Waals surface area (Å²) in [5.41, 5.74) is 7.67. The molecule has 3 rings (SSSR count). The topological polar surface area (TPSA) is 26.0 Å². The summed E-state index contributed by atoms with van der Waals surface area (Å²) in [4.78, 5) is 1.36. The molecule has 4 atom stereocenters. The number of benzene rings is 1. The molecule has 0 heterocycles. The quantitative estimate of drug-likeness (QED) is 0.813. The molecular weight excluding hydrogens is 250 g/mol. The number of thioether (sulfide) groups is 1. The smallest absolute Gasteiger partial charge is 0.0136 e. The summed E-state index contributed by atoms with van der Waals surface area (Å²) in [7, 11) is 0. The predicted octanol–water partition coefficient (Wildman–Crippen LogP) is 4.24. The van der Waals surface area contributed by atoms with E-state index in [1.807, 2.05) is 11.8 Å². The fourth-order valence-electron chi connectivity index (χ4n) is 3.96. The Hall–Kier alpha value is -0.470. The van der Waals surface area contributed by atoms with Gasteiger partial charge in [0.05, 0.1) is 0 Å². The lowest BCUT2D eigenvalue weighted by molar-refractivity contribution is 0.301. The maximum atomic E-state index is 6.34. The maximum absolute atomic E-state index is 6.34. The van der Waals surface area contributed by atoms with Gasteiger partial charge in [-0.05, 0) is 62.5 Å². The van der Waals surface area contributed by atoms with Crippen molar-refractivity contribution in [2.75, 3.05) is 5.75 Å². The van der Waals surface area contributed by atoms with Gasteiger partial charge in [0.25, 0.3) is 0 Å². The van der Waals surface area contributed by atoms with E-state index in [9.17, 15) is 0 Å². The summed E-state index contributed by atoms with van der Waals surface area (Å²) in [6.45, 7) is 2.13. The number of fused-ring (bicyclic) bond motifs is 2. The first-order chi connectivity index (χ1) is 9.20. The van der Waals surface area contributed by atoms with Crippen LogP contribution in [-0.4, -0.2) is 11.8 Å². The van der Waals surface area contributed by atoms with Crippen LogP contribution >= 0.6 is 11.8 Å². The van der Waals surface area contributed by atoms with Crippen molar-refractivity contribution < 1.29 is 0 Å². The van der Waals surface area contributed by atoms with E-state index in [1.165, 1.54) is 42.6 Å². The highest BCUT2D eigenvalue weighted by Crippen LogP contribution is 2.49. The van der Waals surface area contributed by atoms with Gasteiger partial charge in [-0.25, -0.2) is 0 Å². The molecule has 0 amide bonds. The van der Waals surface area contributed by atoms with Crippen LogP contribution in [0.25, 0.3) is 0 Å². The molecule has 0 aliphatic heterocycles. The van der Waals surface area contributed by atoms with Crippen LogP contribution in [0.3, 0.4) is 0 Å². The highest BCUT2D eigenvalue weighted by Gasteiger charge is 2.39. The van der Waals surface area contributed by atoms with Gasteiger partial charge in [-0.2, -0.15) is 0 Å². The zero-order valence-corrected chi connectivity index (χ0v) is 12.7. The molecule has 2 aliphatic rings. The molecule has 2 saturated carbocycles. The van der Waals surface area contributed by atoms with Crippen molar-refractivity contribution in [2.45, 2.75) is 50.0 Å². The van der Waals surface area contributed by atoms with Crippen molar-refractivity contribution in [3.05, 3.63) is 29.8 Å². The van der Waals surface area contributed by atoms with E-state index >= 15 is 0 Å². The molecule has 2 heteroatoms. The standard InChI is InChI=1S/C17H25NS/c1-12-2-6-17(7-3-12)19-11-16(18)10-15-9-13-4-5-14(15)8-13/h2-3,6-7,13-16H,4-5,8-11,18H2,1H3. The van der Waals surface area contributed by atoms with Crippen LogP contribution in [0.15, 0.2) is 29.2 Å². The Morgan fingerprint density at radius 3 is 2.63 bits per heavy atom. The van der Waals surface area contributed by atoms with Crippen molar-refractivity contribution in [3.8, 4) is 0 Å². The highest BCUT2D eigenvalue weighted by atomic mass is 32.2. The van der Waals surface area contributed by atoms with Crippen molar-refractivity contribution in [2.24, 2.45) is 23.5 Å². The fraction of sp³-hybridized carbons (Fsp3) is 0.647. The van der Waals surface area contributed by atoms with Gasteiger partial charge in [0.2, 0.25) is 0 Å². The molecule has 0 saturated heterocycles. The minimum absolute atomic E-state index is 0.371. The second-order valence-electron chi connectivity index (χ2n) is 6.55. The number of nitrogens with two attached hydrogens (primary N) is 1. The molecule has 19 heavy (non-hydrogen) atoms. The molecular formula is C17H25NS. The van der Waals surface area contributed by atoms with E-state index in [4.69, 9.17) is 5.73 Å². The molecule has 1 aromatic carbocycles. The van der Waals surface area contributed by atoms with E-state index in [2.05, 4.69) is 31.2 Å². The van der Waals surface area contributed by atoms with Crippen molar-refractivity contribution in [1.29, 1.82) is 0 Å². The number of aryl methyl sites for hydroxylation is 1. The van der Waals surface area contributed by atoms with Gasteiger partial charge < -0.3 is 5.73 Å². The highest BCUT2D eigenvalue weighted by molar-refractivity contribution is 7.99. The van der Waals surface area contributed by atoms with Crippen LogP contribution in [0.2, 0.25) is 0 Å². The number of rotatable bonds is 5. The summed E-state index contributed by atoms with van der Waals surface area (Å²) in [6.07, 6.45) is 7.19. The van der Waals surface area contributed by atoms with Crippen LogP contribution in [0, 0.1) is 24.7 Å². The van der Waals surface area contributed by atoms with Gasteiger partial charge in [0.15, 0.2) is 0 Å². The zero-order valence-electron chi connectivity index (χ0n) is 11.8. The summed E-state index contributed by atoms with van der Waals surface area (Å²) in [6, 6.07) is 9.16. The molecule has 0 aromatic heterocycles. The van der Waals surface area contributed by atoms with Gasteiger partial charge in [-0.3, -0.25) is 0 Å². The summed E-state index contributed by atoms with van der Waals surface area (Å²) < 4.78 is 0. The van der Waals surface area contributed by atoms with Crippen LogP contribution in [0.4, 0.5) is 0 Å². The summed E-state index contributed by atoms with van der Waals surface area (Å²) in [5.74, 6) is 4.07. The van der Waals surface area contributed by atoms with Crippen molar-refractivity contribution in [3.63, 3.8) is 0 Å². The Morgan fingerprint density at radius 2 is 2.00 bits per heavy atom. The largest absolute Gasteiger partial charge is 0.327 e. The van der Waals surface area contributed by atoms with E-state index in [0.29, 0.717) is 6.04 Å². The second kappa shape index (κ2) is 5.88. The molecule has 0 spiro atoms. The first-order valence-corrected chi connectivity index (χ1v) is 8.64. The molecule has 0 radical (unpaired) electrons. The third-order valence-corrected chi connectivity index (χ3v) is 6.18. The van der Waals surface area contributed by atoms with Gasteiger partial charge in [-0.15, -0.1) is 11.8 Å². The third-order valence-electron chi connectivity index (χ3n) is 4.98. The Morgan fingerprint density at radius 1 is 1.21 bits per heavy atom. The van der Waals surface area contributed by atoms with Crippen molar-refractivity contribution >= 4 is 11.8 Å². The van der Waals surface area contributed by atoms with Gasteiger partial charge in [-0.1, -0.05) is 24.1 Å². The third kappa shape index (κ3) is 3.35. The van der Waals surface area contributed by atoms with Crippen LogP contribution in [0.5, 0.6) is 0 Å². The first-order valence-electron chi connectivity index (χ1n) is 7.66. The van der Waals surface area contributed by atoms with E-state index in [-0.39, 0.29) is 0 Å². The molecule has 2 bridgehead atoms. The number of hydrogen-bond acceptors (Lipinski definition) is 2. The molecule has 2 fully saturated rings. The summed E-state index contributed by atoms with van der Waals surface area (Å²) in [5, 5.41) is 0. The zero-order chi connectivity index (χ0) is 13.2. The van der Waals surface area contributed by atoms with Crippen LogP contribution < -0.4 is 5.73 Å². The SMILES string of the molecule is Cc1ccc(SCC(N)CC2CC3CCC2C3)cc1.